The smallest absolute Gasteiger partial charge is 0.222 e. The van der Waals surface area contributed by atoms with E-state index in [1.807, 2.05) is 11.8 Å². The van der Waals surface area contributed by atoms with Crippen molar-refractivity contribution in [3.05, 3.63) is 0 Å². The Bertz CT molecular complexity index is 230. The first kappa shape index (κ1) is 13.5. The lowest BCUT2D eigenvalue weighted by molar-refractivity contribution is -0.135. The van der Waals surface area contributed by atoms with Crippen LogP contribution in [-0.2, 0) is 4.79 Å². The van der Waals surface area contributed by atoms with E-state index in [0.717, 1.165) is 32.5 Å². The van der Waals surface area contributed by atoms with Crippen LogP contribution >= 0.6 is 0 Å². The van der Waals surface area contributed by atoms with Crippen LogP contribution in [0.3, 0.4) is 0 Å². The van der Waals surface area contributed by atoms with E-state index in [0.29, 0.717) is 18.4 Å². The van der Waals surface area contributed by atoms with E-state index in [4.69, 9.17) is 5.73 Å². The van der Waals surface area contributed by atoms with Crippen LogP contribution < -0.4 is 5.73 Å². The topological polar surface area (TPSA) is 49.6 Å². The van der Waals surface area contributed by atoms with Crippen LogP contribution in [0.2, 0.25) is 0 Å². The highest BCUT2D eigenvalue weighted by Crippen LogP contribution is 2.11. The molecule has 2 atom stereocenters. The Morgan fingerprint density at radius 1 is 1.50 bits per heavy atom. The minimum absolute atomic E-state index is 0.206. The molecule has 2 unspecified atom stereocenters. The molecule has 1 saturated heterocycles. The molecule has 0 saturated carbocycles. The van der Waals surface area contributed by atoms with Crippen molar-refractivity contribution in [2.45, 2.75) is 45.2 Å². The minimum Gasteiger partial charge on any atom is -0.337 e. The summed E-state index contributed by atoms with van der Waals surface area (Å²) in [7, 11) is 2.11. The maximum atomic E-state index is 12.0. The average molecular weight is 227 g/mol. The summed E-state index contributed by atoms with van der Waals surface area (Å²) in [4.78, 5) is 16.3. The molecule has 0 spiro atoms. The molecule has 0 aliphatic carbocycles. The predicted octanol–water partition coefficient (Wildman–Crippen LogP) is 0.666. The van der Waals surface area contributed by atoms with Gasteiger partial charge in [-0.15, -0.1) is 0 Å². The molecule has 0 radical (unpaired) electrons. The Hall–Kier alpha value is -0.610. The van der Waals surface area contributed by atoms with Crippen molar-refractivity contribution in [3.63, 3.8) is 0 Å². The van der Waals surface area contributed by atoms with E-state index in [-0.39, 0.29) is 6.04 Å². The van der Waals surface area contributed by atoms with Crippen LogP contribution in [0.4, 0.5) is 0 Å². The number of carbonyl (C=O) groups is 1. The number of hydrogen-bond acceptors (Lipinski definition) is 3. The Labute approximate surface area is 98.8 Å². The van der Waals surface area contributed by atoms with Gasteiger partial charge in [0.05, 0.1) is 0 Å². The fraction of sp³-hybridized carbons (Fsp3) is 0.917. The number of amides is 1. The first-order valence-electron chi connectivity index (χ1n) is 6.24. The molecular weight excluding hydrogens is 202 g/mol. The highest BCUT2D eigenvalue weighted by atomic mass is 16.2. The van der Waals surface area contributed by atoms with Crippen molar-refractivity contribution in [2.24, 2.45) is 5.73 Å². The predicted molar refractivity (Wildman–Crippen MR) is 66.2 cm³/mol. The number of nitrogens with zero attached hydrogens (tertiary/aromatic N) is 2. The van der Waals surface area contributed by atoms with E-state index in [1.54, 1.807) is 0 Å². The van der Waals surface area contributed by atoms with Gasteiger partial charge in [0.2, 0.25) is 5.91 Å². The van der Waals surface area contributed by atoms with Crippen LogP contribution in [0.5, 0.6) is 0 Å². The molecule has 1 heterocycles. The van der Waals surface area contributed by atoms with Crippen molar-refractivity contribution in [2.75, 3.05) is 26.7 Å². The van der Waals surface area contributed by atoms with Gasteiger partial charge in [0.1, 0.15) is 0 Å². The molecule has 1 amide bonds. The number of likely N-dealkylation sites (N-methyl/N-ethyl adjacent to an activating group) is 1. The summed E-state index contributed by atoms with van der Waals surface area (Å²) < 4.78 is 0. The van der Waals surface area contributed by atoms with Crippen molar-refractivity contribution in [1.82, 2.24) is 9.80 Å². The highest BCUT2D eigenvalue weighted by molar-refractivity contribution is 5.76. The van der Waals surface area contributed by atoms with E-state index in [2.05, 4.69) is 18.9 Å². The third kappa shape index (κ3) is 4.10. The van der Waals surface area contributed by atoms with Gasteiger partial charge in [-0.3, -0.25) is 4.79 Å². The van der Waals surface area contributed by atoms with Gasteiger partial charge in [-0.25, -0.2) is 0 Å². The second-order valence-electron chi connectivity index (χ2n) is 5.07. The Morgan fingerprint density at radius 3 is 2.75 bits per heavy atom. The SMILES string of the molecule is CC(N)CCCC(=O)N1CCN(C)CC1C. The summed E-state index contributed by atoms with van der Waals surface area (Å²) in [5.41, 5.74) is 5.67. The number of rotatable bonds is 4. The molecule has 16 heavy (non-hydrogen) atoms. The van der Waals surface area contributed by atoms with E-state index in [9.17, 15) is 4.79 Å². The molecule has 0 aromatic rings. The van der Waals surface area contributed by atoms with E-state index >= 15 is 0 Å². The second-order valence-corrected chi connectivity index (χ2v) is 5.07. The lowest BCUT2D eigenvalue weighted by Gasteiger charge is -2.38. The summed E-state index contributed by atoms with van der Waals surface area (Å²) in [6, 6.07) is 0.555. The number of piperazine rings is 1. The van der Waals surface area contributed by atoms with Gasteiger partial charge >= 0.3 is 0 Å². The zero-order valence-electron chi connectivity index (χ0n) is 10.8. The maximum Gasteiger partial charge on any atom is 0.222 e. The molecule has 4 nitrogen and oxygen atoms in total. The molecule has 0 aromatic carbocycles. The fourth-order valence-corrected chi connectivity index (χ4v) is 2.23. The van der Waals surface area contributed by atoms with Crippen LogP contribution in [0.1, 0.15) is 33.1 Å². The Morgan fingerprint density at radius 2 is 2.19 bits per heavy atom. The first-order chi connectivity index (χ1) is 7.50. The van der Waals surface area contributed by atoms with Crippen molar-refractivity contribution >= 4 is 5.91 Å². The minimum atomic E-state index is 0.206. The lowest BCUT2D eigenvalue weighted by atomic mass is 10.1. The van der Waals surface area contributed by atoms with Gasteiger partial charge in [0.15, 0.2) is 0 Å². The quantitative estimate of drug-likeness (QED) is 0.768. The third-order valence-electron chi connectivity index (χ3n) is 3.20. The third-order valence-corrected chi connectivity index (χ3v) is 3.20. The van der Waals surface area contributed by atoms with Crippen molar-refractivity contribution in [3.8, 4) is 0 Å². The summed E-state index contributed by atoms with van der Waals surface area (Å²) in [5, 5.41) is 0. The standard InChI is InChI=1S/C12H25N3O/c1-10(13)5-4-6-12(16)15-8-7-14(3)9-11(15)2/h10-11H,4-9,13H2,1-3H3. The number of carbonyl (C=O) groups excluding carboxylic acids is 1. The molecule has 1 aliphatic rings. The van der Waals surface area contributed by atoms with Gasteiger partial charge in [0.25, 0.3) is 0 Å². The summed E-state index contributed by atoms with van der Waals surface area (Å²) >= 11 is 0. The summed E-state index contributed by atoms with van der Waals surface area (Å²) in [5.74, 6) is 0.293. The normalized spacial score (nSPS) is 24.5. The van der Waals surface area contributed by atoms with E-state index in [1.165, 1.54) is 0 Å². The average Bonchev–Trinajstić information content (AvgIpc) is 2.16. The largest absolute Gasteiger partial charge is 0.337 e. The van der Waals surface area contributed by atoms with Gasteiger partial charge in [-0.1, -0.05) is 0 Å². The van der Waals surface area contributed by atoms with E-state index < -0.39 is 0 Å². The van der Waals surface area contributed by atoms with Crippen LogP contribution in [0.15, 0.2) is 0 Å². The zero-order chi connectivity index (χ0) is 12.1. The van der Waals surface area contributed by atoms with Gasteiger partial charge in [-0.05, 0) is 33.7 Å². The molecule has 94 valence electrons. The molecule has 2 N–H and O–H groups in total. The lowest BCUT2D eigenvalue weighted by Crippen LogP contribution is -2.52. The maximum absolute atomic E-state index is 12.0. The van der Waals surface area contributed by atoms with Crippen molar-refractivity contribution in [1.29, 1.82) is 0 Å². The summed E-state index contributed by atoms with van der Waals surface area (Å²) in [6.45, 7) is 6.96. The van der Waals surface area contributed by atoms with Crippen LogP contribution in [-0.4, -0.2) is 54.5 Å². The van der Waals surface area contributed by atoms with Gasteiger partial charge in [-0.2, -0.15) is 0 Å². The van der Waals surface area contributed by atoms with Crippen molar-refractivity contribution < 1.29 is 4.79 Å². The summed E-state index contributed by atoms with van der Waals surface area (Å²) in [6.07, 6.45) is 2.50. The molecule has 1 aliphatic heterocycles. The first-order valence-corrected chi connectivity index (χ1v) is 6.24. The zero-order valence-corrected chi connectivity index (χ0v) is 10.8. The Balaban J connectivity index is 2.30. The van der Waals surface area contributed by atoms with Gasteiger partial charge < -0.3 is 15.5 Å². The van der Waals surface area contributed by atoms with Crippen LogP contribution in [0.25, 0.3) is 0 Å². The molecular formula is C12H25N3O. The van der Waals surface area contributed by atoms with Gasteiger partial charge in [0, 0.05) is 38.1 Å². The Kier molecular flexibility index (Phi) is 5.22. The molecule has 1 fully saturated rings. The number of hydrogen-bond donors (Lipinski definition) is 1. The fourth-order valence-electron chi connectivity index (χ4n) is 2.23. The highest BCUT2D eigenvalue weighted by Gasteiger charge is 2.24. The van der Waals surface area contributed by atoms with Crippen LogP contribution in [0, 0.1) is 0 Å². The molecule has 4 heteroatoms. The molecule has 0 bridgehead atoms. The molecule has 1 rings (SSSR count). The number of nitrogens with two attached hydrogens (primary N) is 1. The molecule has 0 aromatic heterocycles. The second kappa shape index (κ2) is 6.21. The monoisotopic (exact) mass is 227 g/mol.